The van der Waals surface area contributed by atoms with Gasteiger partial charge in [-0.2, -0.15) is 0 Å². The van der Waals surface area contributed by atoms with Crippen molar-refractivity contribution >= 4 is 51.9 Å². The zero-order valence-corrected chi connectivity index (χ0v) is 20.1. The van der Waals surface area contributed by atoms with E-state index in [-0.39, 0.29) is 22.4 Å². The van der Waals surface area contributed by atoms with Gasteiger partial charge in [0.1, 0.15) is 0 Å². The number of carbonyl (C=O) groups is 1. The number of amidine groups is 1. The van der Waals surface area contributed by atoms with Crippen LogP contribution in [0.3, 0.4) is 0 Å². The van der Waals surface area contributed by atoms with Gasteiger partial charge in [-0.15, -0.1) is 0 Å². The molecular weight excluding hydrogens is 456 g/mol. The predicted octanol–water partition coefficient (Wildman–Crippen LogP) is 6.87. The lowest BCUT2D eigenvalue weighted by Crippen LogP contribution is -2.28. The number of nitrogens with zero attached hydrogens (tertiary/aromatic N) is 2. The number of aryl methyl sites for hydroxylation is 2. The van der Waals surface area contributed by atoms with Crippen LogP contribution in [-0.2, 0) is 4.79 Å². The number of hydrogen-bond donors (Lipinski definition) is 1. The second-order valence-electron chi connectivity index (χ2n) is 7.60. The summed E-state index contributed by atoms with van der Waals surface area (Å²) < 4.78 is 5.47. The van der Waals surface area contributed by atoms with Gasteiger partial charge in [0.2, 0.25) is 0 Å². The van der Waals surface area contributed by atoms with Gasteiger partial charge in [-0.25, -0.2) is 4.99 Å². The highest BCUT2D eigenvalue weighted by Crippen LogP contribution is 2.40. The SMILES string of the molecule is CCOc1cc(/C=C2/SC(=Nc3ccc(C)cc3)N(c3ccc(C)cc3)C2=O)cc(Cl)c1O. The highest BCUT2D eigenvalue weighted by molar-refractivity contribution is 8.19. The summed E-state index contributed by atoms with van der Waals surface area (Å²) in [7, 11) is 0. The number of anilines is 1. The number of phenols is 1. The number of amides is 1. The maximum absolute atomic E-state index is 13.5. The molecule has 168 valence electrons. The molecule has 1 heterocycles. The number of ether oxygens (including phenoxy) is 1. The molecule has 1 N–H and O–H groups in total. The van der Waals surface area contributed by atoms with Crippen molar-refractivity contribution < 1.29 is 14.6 Å². The van der Waals surface area contributed by atoms with Crippen molar-refractivity contribution in [2.75, 3.05) is 11.5 Å². The Morgan fingerprint density at radius 1 is 1.06 bits per heavy atom. The number of carbonyl (C=O) groups excluding carboxylic acids is 1. The zero-order chi connectivity index (χ0) is 23.5. The third-order valence-corrected chi connectivity index (χ3v) is 6.26. The van der Waals surface area contributed by atoms with Gasteiger partial charge in [-0.3, -0.25) is 9.69 Å². The standard InChI is InChI=1S/C26H23ClN2O3S/c1-4-32-22-14-18(13-21(27)24(22)30)15-23-25(31)29(20-11-7-17(3)8-12-20)26(33-23)28-19-9-5-16(2)6-10-19/h5-15,30H,4H2,1-3H3/b23-15+,28-26?. The van der Waals surface area contributed by atoms with Gasteiger partial charge >= 0.3 is 0 Å². The molecule has 0 aliphatic carbocycles. The molecule has 33 heavy (non-hydrogen) atoms. The van der Waals surface area contributed by atoms with E-state index in [0.717, 1.165) is 22.5 Å². The van der Waals surface area contributed by atoms with Crippen molar-refractivity contribution in [1.82, 2.24) is 0 Å². The fourth-order valence-electron chi connectivity index (χ4n) is 3.29. The molecule has 7 heteroatoms. The topological polar surface area (TPSA) is 62.1 Å². The van der Waals surface area contributed by atoms with Crippen molar-refractivity contribution in [3.63, 3.8) is 0 Å². The molecule has 0 atom stereocenters. The summed E-state index contributed by atoms with van der Waals surface area (Å²) in [6, 6.07) is 18.8. The lowest BCUT2D eigenvalue weighted by Gasteiger charge is -2.16. The van der Waals surface area contributed by atoms with Crippen molar-refractivity contribution in [2.45, 2.75) is 20.8 Å². The molecule has 1 fully saturated rings. The van der Waals surface area contributed by atoms with Crippen molar-refractivity contribution in [3.05, 3.63) is 87.3 Å². The van der Waals surface area contributed by atoms with E-state index in [9.17, 15) is 9.90 Å². The molecule has 3 aromatic rings. The molecule has 4 rings (SSSR count). The van der Waals surface area contributed by atoms with Crippen molar-refractivity contribution in [3.8, 4) is 11.5 Å². The third-order valence-electron chi connectivity index (χ3n) is 5.01. The monoisotopic (exact) mass is 478 g/mol. The molecular formula is C26H23ClN2O3S. The summed E-state index contributed by atoms with van der Waals surface area (Å²) in [6.07, 6.45) is 1.74. The Morgan fingerprint density at radius 2 is 1.70 bits per heavy atom. The molecule has 0 saturated carbocycles. The van der Waals surface area contributed by atoms with Gasteiger partial charge < -0.3 is 9.84 Å². The fraction of sp³-hybridized carbons (Fsp3) is 0.154. The van der Waals surface area contributed by atoms with E-state index in [0.29, 0.717) is 22.2 Å². The van der Waals surface area contributed by atoms with Crippen LogP contribution in [0.2, 0.25) is 5.02 Å². The van der Waals surface area contributed by atoms with E-state index < -0.39 is 0 Å². The minimum atomic E-state index is -0.183. The molecule has 1 saturated heterocycles. The maximum atomic E-state index is 13.5. The van der Waals surface area contributed by atoms with Gasteiger partial charge in [-0.1, -0.05) is 47.0 Å². The largest absolute Gasteiger partial charge is 0.503 e. The molecule has 0 aromatic heterocycles. The van der Waals surface area contributed by atoms with E-state index in [1.165, 1.54) is 11.8 Å². The summed E-state index contributed by atoms with van der Waals surface area (Å²) in [5.41, 5.74) is 4.40. The zero-order valence-electron chi connectivity index (χ0n) is 18.5. The Labute approximate surface area is 202 Å². The number of aliphatic imine (C=N–C) groups is 1. The molecule has 0 spiro atoms. The van der Waals surface area contributed by atoms with Gasteiger partial charge in [0.05, 0.1) is 27.9 Å². The molecule has 1 amide bonds. The first-order valence-electron chi connectivity index (χ1n) is 10.5. The first-order valence-corrected chi connectivity index (χ1v) is 11.7. The molecule has 3 aromatic carbocycles. The van der Waals surface area contributed by atoms with Crippen LogP contribution in [0.5, 0.6) is 11.5 Å². The Hall–Kier alpha value is -3.22. The number of aromatic hydroxyl groups is 1. The maximum Gasteiger partial charge on any atom is 0.271 e. The number of rotatable bonds is 5. The van der Waals surface area contributed by atoms with Crippen LogP contribution in [0.1, 0.15) is 23.6 Å². The second-order valence-corrected chi connectivity index (χ2v) is 9.02. The third kappa shape index (κ3) is 5.07. The molecule has 0 bridgehead atoms. The molecule has 5 nitrogen and oxygen atoms in total. The summed E-state index contributed by atoms with van der Waals surface area (Å²) >= 11 is 7.47. The van der Waals surface area contributed by atoms with E-state index in [2.05, 4.69) is 0 Å². The smallest absolute Gasteiger partial charge is 0.271 e. The summed E-state index contributed by atoms with van der Waals surface area (Å²) in [5, 5.41) is 10.9. The number of phenolic OH excluding ortho intramolecular Hbond substituents is 1. The number of benzene rings is 3. The summed E-state index contributed by atoms with van der Waals surface area (Å²) in [4.78, 5) is 20.3. The van der Waals surface area contributed by atoms with Crippen LogP contribution in [-0.4, -0.2) is 22.8 Å². The number of halogens is 1. The van der Waals surface area contributed by atoms with E-state index in [4.69, 9.17) is 21.3 Å². The van der Waals surface area contributed by atoms with Crippen LogP contribution in [0.4, 0.5) is 11.4 Å². The summed E-state index contributed by atoms with van der Waals surface area (Å²) in [6.45, 7) is 6.22. The highest BCUT2D eigenvalue weighted by atomic mass is 35.5. The van der Waals surface area contributed by atoms with Crippen LogP contribution in [0.25, 0.3) is 6.08 Å². The quantitative estimate of drug-likeness (QED) is 0.406. The van der Waals surface area contributed by atoms with Gasteiger partial charge in [0.25, 0.3) is 5.91 Å². The molecule has 0 radical (unpaired) electrons. The van der Waals surface area contributed by atoms with Crippen LogP contribution >= 0.6 is 23.4 Å². The Morgan fingerprint density at radius 3 is 2.33 bits per heavy atom. The molecule has 1 aliphatic heterocycles. The van der Waals surface area contributed by atoms with Crippen LogP contribution in [0, 0.1) is 13.8 Å². The lowest BCUT2D eigenvalue weighted by atomic mass is 10.1. The average molecular weight is 479 g/mol. The summed E-state index contributed by atoms with van der Waals surface area (Å²) in [5.74, 6) is -0.0259. The predicted molar refractivity (Wildman–Crippen MR) is 137 cm³/mol. The van der Waals surface area contributed by atoms with Crippen molar-refractivity contribution in [2.24, 2.45) is 4.99 Å². The fourth-order valence-corrected chi connectivity index (χ4v) is 4.51. The first-order chi connectivity index (χ1) is 15.9. The Balaban J connectivity index is 1.77. The molecule has 0 unspecified atom stereocenters. The average Bonchev–Trinajstić information content (AvgIpc) is 3.08. The number of hydrogen-bond acceptors (Lipinski definition) is 5. The normalized spacial score (nSPS) is 16.1. The van der Waals surface area contributed by atoms with Crippen molar-refractivity contribution in [1.29, 1.82) is 0 Å². The van der Waals surface area contributed by atoms with E-state index in [1.807, 2.05) is 69.3 Å². The minimum Gasteiger partial charge on any atom is -0.503 e. The second kappa shape index (κ2) is 9.73. The Bertz CT molecular complexity index is 1250. The minimum absolute atomic E-state index is 0.117. The van der Waals surface area contributed by atoms with E-state index in [1.54, 1.807) is 23.1 Å². The number of thioether (sulfide) groups is 1. The first kappa shape index (κ1) is 23.0. The highest BCUT2D eigenvalue weighted by Gasteiger charge is 2.34. The Kier molecular flexibility index (Phi) is 6.77. The lowest BCUT2D eigenvalue weighted by molar-refractivity contribution is -0.113. The van der Waals surface area contributed by atoms with Crippen LogP contribution < -0.4 is 9.64 Å². The van der Waals surface area contributed by atoms with Gasteiger partial charge in [0, 0.05) is 0 Å². The van der Waals surface area contributed by atoms with E-state index >= 15 is 0 Å². The van der Waals surface area contributed by atoms with Gasteiger partial charge in [-0.05, 0) is 80.6 Å². The van der Waals surface area contributed by atoms with Crippen LogP contribution in [0.15, 0.2) is 70.6 Å². The molecule has 1 aliphatic rings. The van der Waals surface area contributed by atoms with Gasteiger partial charge in [0.15, 0.2) is 16.7 Å².